The fourth-order valence-electron chi connectivity index (χ4n) is 3.28. The van der Waals surface area contributed by atoms with Crippen molar-refractivity contribution in [1.29, 1.82) is 0 Å². The molecule has 0 unspecified atom stereocenters. The van der Waals surface area contributed by atoms with Gasteiger partial charge in [-0.3, -0.25) is 14.9 Å². The number of hydrogen-bond donors (Lipinski definition) is 1. The van der Waals surface area contributed by atoms with E-state index in [4.69, 9.17) is 11.6 Å². The maximum Gasteiger partial charge on any atom is 0.250 e. The van der Waals surface area contributed by atoms with Crippen LogP contribution < -0.4 is 10.2 Å². The molecule has 0 bridgehead atoms. The summed E-state index contributed by atoms with van der Waals surface area (Å²) in [6.07, 6.45) is 3.19. The molecule has 1 aliphatic rings. The predicted octanol–water partition coefficient (Wildman–Crippen LogP) is 4.28. The Labute approximate surface area is 205 Å². The predicted molar refractivity (Wildman–Crippen MR) is 135 cm³/mol. The van der Waals surface area contributed by atoms with Gasteiger partial charge in [-0.15, -0.1) is 10.2 Å². The second kappa shape index (κ2) is 11.3. The van der Waals surface area contributed by atoms with Gasteiger partial charge in [0.2, 0.25) is 16.9 Å². The third-order valence-corrected chi connectivity index (χ3v) is 7.22. The van der Waals surface area contributed by atoms with Crippen LogP contribution in [-0.2, 0) is 9.59 Å². The molecule has 2 heterocycles. The Balaban J connectivity index is 1.20. The fourth-order valence-corrected chi connectivity index (χ4v) is 5.07. The maximum absolute atomic E-state index is 12.6. The molecule has 1 fully saturated rings. The van der Waals surface area contributed by atoms with E-state index in [0.29, 0.717) is 27.6 Å². The lowest BCUT2D eigenvalue weighted by molar-refractivity contribution is -0.128. The number of amides is 2. The topological polar surface area (TPSA) is 78.4 Å². The second-order valence-corrected chi connectivity index (χ2v) is 9.88. The largest absolute Gasteiger partial charge is 0.368 e. The van der Waals surface area contributed by atoms with Crippen molar-refractivity contribution in [3.8, 4) is 0 Å². The molecule has 170 valence electrons. The number of nitrogens with zero attached hydrogens (tertiary/aromatic N) is 4. The SMILES string of the molecule is O=C(C=Cc1ccccc1)Nc1nnc(SCC(=O)N2CCN(c3ccc(Cl)cc3)CC2)s1. The minimum Gasteiger partial charge on any atom is -0.368 e. The van der Waals surface area contributed by atoms with Gasteiger partial charge in [-0.1, -0.05) is 65.0 Å². The van der Waals surface area contributed by atoms with E-state index in [1.165, 1.54) is 29.2 Å². The van der Waals surface area contributed by atoms with Crippen LogP contribution in [0.5, 0.6) is 0 Å². The Kier molecular flexibility index (Phi) is 7.98. The van der Waals surface area contributed by atoms with E-state index >= 15 is 0 Å². The molecule has 0 aliphatic carbocycles. The molecule has 0 spiro atoms. The molecule has 1 saturated heterocycles. The highest BCUT2D eigenvalue weighted by atomic mass is 35.5. The molecule has 0 atom stereocenters. The number of anilines is 2. The number of benzene rings is 2. The van der Waals surface area contributed by atoms with Crippen LogP contribution in [0.25, 0.3) is 6.08 Å². The summed E-state index contributed by atoms with van der Waals surface area (Å²) >= 11 is 8.55. The Morgan fingerprint density at radius 2 is 1.76 bits per heavy atom. The van der Waals surface area contributed by atoms with Gasteiger partial charge in [0.1, 0.15) is 0 Å². The van der Waals surface area contributed by atoms with E-state index in [9.17, 15) is 9.59 Å². The van der Waals surface area contributed by atoms with Crippen LogP contribution in [0.2, 0.25) is 5.02 Å². The van der Waals surface area contributed by atoms with Crippen LogP contribution in [0.15, 0.2) is 65.0 Å². The average Bonchev–Trinajstić information content (AvgIpc) is 3.29. The molecule has 10 heteroatoms. The summed E-state index contributed by atoms with van der Waals surface area (Å²) in [7, 11) is 0. The maximum atomic E-state index is 12.6. The molecule has 7 nitrogen and oxygen atoms in total. The lowest BCUT2D eigenvalue weighted by Gasteiger charge is -2.36. The summed E-state index contributed by atoms with van der Waals surface area (Å²) in [4.78, 5) is 28.8. The molecular formula is C23H22ClN5O2S2. The van der Waals surface area contributed by atoms with Crippen molar-refractivity contribution in [2.75, 3.05) is 42.1 Å². The van der Waals surface area contributed by atoms with Crippen LogP contribution in [0, 0.1) is 0 Å². The number of nitrogens with one attached hydrogen (secondary N) is 1. The van der Waals surface area contributed by atoms with Crippen LogP contribution >= 0.6 is 34.7 Å². The van der Waals surface area contributed by atoms with Crippen molar-refractivity contribution in [3.63, 3.8) is 0 Å². The highest BCUT2D eigenvalue weighted by Gasteiger charge is 2.22. The highest BCUT2D eigenvalue weighted by molar-refractivity contribution is 8.01. The standard InChI is InChI=1S/C23H22ClN5O2S2/c24-18-7-9-19(10-8-18)28-12-14-29(15-13-28)21(31)16-32-23-27-26-22(33-23)25-20(30)11-6-17-4-2-1-3-5-17/h1-11H,12-16H2,(H,25,26,30). The van der Waals surface area contributed by atoms with E-state index < -0.39 is 0 Å². The number of aromatic nitrogens is 2. The van der Waals surface area contributed by atoms with Crippen LogP contribution in [0.1, 0.15) is 5.56 Å². The Morgan fingerprint density at radius 3 is 2.48 bits per heavy atom. The molecule has 0 saturated carbocycles. The zero-order chi connectivity index (χ0) is 23.0. The van der Waals surface area contributed by atoms with Crippen molar-refractivity contribution in [1.82, 2.24) is 15.1 Å². The van der Waals surface area contributed by atoms with Crippen molar-refractivity contribution < 1.29 is 9.59 Å². The molecule has 1 aromatic heterocycles. The first-order valence-corrected chi connectivity index (χ1v) is 12.5. The summed E-state index contributed by atoms with van der Waals surface area (Å²) in [5, 5.41) is 11.9. The minimum absolute atomic E-state index is 0.0716. The smallest absolute Gasteiger partial charge is 0.250 e. The highest BCUT2D eigenvalue weighted by Crippen LogP contribution is 2.26. The number of thioether (sulfide) groups is 1. The van der Waals surface area contributed by atoms with Gasteiger partial charge in [-0.25, -0.2) is 0 Å². The number of carbonyl (C=O) groups excluding carboxylic acids is 2. The van der Waals surface area contributed by atoms with Crippen LogP contribution in [0.3, 0.4) is 0 Å². The van der Waals surface area contributed by atoms with Gasteiger partial charge in [-0.2, -0.15) is 0 Å². The molecule has 1 N–H and O–H groups in total. The summed E-state index contributed by atoms with van der Waals surface area (Å²) in [6.45, 7) is 2.91. The molecular weight excluding hydrogens is 478 g/mol. The van der Waals surface area contributed by atoms with E-state index in [1.807, 2.05) is 59.5 Å². The monoisotopic (exact) mass is 499 g/mol. The van der Waals surface area contributed by atoms with Gasteiger partial charge in [0.25, 0.3) is 0 Å². The van der Waals surface area contributed by atoms with E-state index in [1.54, 1.807) is 6.08 Å². The summed E-state index contributed by atoms with van der Waals surface area (Å²) in [6, 6.07) is 17.3. The molecule has 0 radical (unpaired) electrons. The van der Waals surface area contributed by atoms with E-state index in [0.717, 1.165) is 24.3 Å². The van der Waals surface area contributed by atoms with Gasteiger partial charge in [0, 0.05) is 43.0 Å². The minimum atomic E-state index is -0.277. The first kappa shape index (κ1) is 23.3. The first-order valence-electron chi connectivity index (χ1n) is 10.4. The molecule has 2 amide bonds. The van der Waals surface area contributed by atoms with Crippen molar-refractivity contribution in [3.05, 3.63) is 71.3 Å². The second-order valence-electron chi connectivity index (χ2n) is 7.24. The molecule has 3 aromatic rings. The summed E-state index contributed by atoms with van der Waals surface area (Å²) in [5.41, 5.74) is 2.05. The molecule has 2 aromatic carbocycles. The Hall–Kier alpha value is -2.88. The lowest BCUT2D eigenvalue weighted by atomic mass is 10.2. The van der Waals surface area contributed by atoms with Gasteiger partial charge in [0.15, 0.2) is 4.34 Å². The summed E-state index contributed by atoms with van der Waals surface area (Å²) < 4.78 is 0.644. The normalized spacial score (nSPS) is 14.0. The molecule has 1 aliphatic heterocycles. The van der Waals surface area contributed by atoms with Crippen molar-refractivity contribution in [2.45, 2.75) is 4.34 Å². The van der Waals surface area contributed by atoms with Crippen LogP contribution in [0.4, 0.5) is 10.8 Å². The van der Waals surface area contributed by atoms with E-state index in [2.05, 4.69) is 20.4 Å². The number of hydrogen-bond acceptors (Lipinski definition) is 7. The van der Waals surface area contributed by atoms with Crippen molar-refractivity contribution in [2.24, 2.45) is 0 Å². The Bertz CT molecular complexity index is 1110. The van der Waals surface area contributed by atoms with Gasteiger partial charge < -0.3 is 9.80 Å². The summed E-state index contributed by atoms with van der Waals surface area (Å²) in [5.74, 6) is 0.0841. The zero-order valence-electron chi connectivity index (χ0n) is 17.7. The third-order valence-electron chi connectivity index (χ3n) is 5.01. The zero-order valence-corrected chi connectivity index (χ0v) is 20.1. The Morgan fingerprint density at radius 1 is 1.03 bits per heavy atom. The van der Waals surface area contributed by atoms with Crippen LogP contribution in [-0.4, -0.2) is 58.8 Å². The fraction of sp³-hybridized carbons (Fsp3) is 0.217. The van der Waals surface area contributed by atoms with Gasteiger partial charge in [0.05, 0.1) is 5.75 Å². The number of piperazine rings is 1. The van der Waals surface area contributed by atoms with E-state index in [-0.39, 0.29) is 17.6 Å². The lowest BCUT2D eigenvalue weighted by Crippen LogP contribution is -2.49. The first-order chi connectivity index (χ1) is 16.1. The van der Waals surface area contributed by atoms with Gasteiger partial charge in [-0.05, 0) is 35.9 Å². The third kappa shape index (κ3) is 6.80. The number of rotatable bonds is 7. The number of halogens is 1. The number of carbonyl (C=O) groups is 2. The van der Waals surface area contributed by atoms with Gasteiger partial charge >= 0.3 is 0 Å². The quantitative estimate of drug-likeness (QED) is 0.297. The molecule has 33 heavy (non-hydrogen) atoms. The average molecular weight is 500 g/mol. The van der Waals surface area contributed by atoms with Crippen molar-refractivity contribution >= 4 is 63.4 Å². The molecule has 4 rings (SSSR count).